The van der Waals surface area contributed by atoms with Gasteiger partial charge in [-0.15, -0.1) is 11.3 Å². The van der Waals surface area contributed by atoms with E-state index in [9.17, 15) is 4.79 Å². The second-order valence-corrected chi connectivity index (χ2v) is 7.74. The third-order valence-electron chi connectivity index (χ3n) is 4.21. The minimum atomic E-state index is -0.377. The summed E-state index contributed by atoms with van der Waals surface area (Å²) in [6.07, 6.45) is 0. The van der Waals surface area contributed by atoms with Crippen LogP contribution in [-0.2, 0) is 4.74 Å². The van der Waals surface area contributed by atoms with Gasteiger partial charge in [-0.2, -0.15) is 0 Å². The molecule has 29 heavy (non-hydrogen) atoms. The van der Waals surface area contributed by atoms with E-state index >= 15 is 0 Å². The lowest BCUT2D eigenvalue weighted by Crippen LogP contribution is -2.20. The molecule has 0 aliphatic heterocycles. The standard InChI is InChI=1S/C22H22N2O3S2/c1-4-27-21(25)19-18(15-10-6-5-7-11-15)14(2)29-20(19)24-22(28)23-16-12-8-9-13-17(16)26-3/h5-13H,4H2,1-3H3,(H2,23,24,28). The van der Waals surface area contributed by atoms with E-state index in [1.807, 2.05) is 61.5 Å². The van der Waals surface area contributed by atoms with E-state index in [1.165, 1.54) is 11.3 Å². The second-order valence-electron chi connectivity index (χ2n) is 6.10. The fourth-order valence-corrected chi connectivity index (χ4v) is 4.33. The molecule has 0 spiro atoms. The third kappa shape index (κ3) is 4.75. The third-order valence-corrected chi connectivity index (χ3v) is 5.43. The van der Waals surface area contributed by atoms with E-state index in [4.69, 9.17) is 21.7 Å². The minimum Gasteiger partial charge on any atom is -0.495 e. The molecule has 2 N–H and O–H groups in total. The largest absolute Gasteiger partial charge is 0.495 e. The molecule has 5 nitrogen and oxygen atoms in total. The van der Waals surface area contributed by atoms with Gasteiger partial charge < -0.3 is 20.1 Å². The van der Waals surface area contributed by atoms with E-state index in [0.717, 1.165) is 21.7 Å². The van der Waals surface area contributed by atoms with Crippen molar-refractivity contribution in [3.8, 4) is 16.9 Å². The maximum absolute atomic E-state index is 12.8. The van der Waals surface area contributed by atoms with Crippen molar-refractivity contribution in [1.29, 1.82) is 0 Å². The summed E-state index contributed by atoms with van der Waals surface area (Å²) in [5, 5.41) is 7.30. The number of hydrogen-bond donors (Lipinski definition) is 2. The normalized spacial score (nSPS) is 10.3. The van der Waals surface area contributed by atoms with Crippen LogP contribution in [0.1, 0.15) is 22.2 Å². The fourth-order valence-electron chi connectivity index (χ4n) is 2.99. The van der Waals surface area contributed by atoms with E-state index in [-0.39, 0.29) is 5.97 Å². The van der Waals surface area contributed by atoms with Gasteiger partial charge in [0.2, 0.25) is 0 Å². The molecule has 0 bridgehead atoms. The monoisotopic (exact) mass is 426 g/mol. The molecular formula is C22H22N2O3S2. The topological polar surface area (TPSA) is 59.6 Å². The minimum absolute atomic E-state index is 0.297. The number of anilines is 2. The average molecular weight is 427 g/mol. The number of carbonyl (C=O) groups excluding carboxylic acids is 1. The number of para-hydroxylation sites is 2. The van der Waals surface area contributed by atoms with Gasteiger partial charge in [-0.05, 0) is 43.8 Å². The number of ether oxygens (including phenoxy) is 2. The maximum Gasteiger partial charge on any atom is 0.341 e. The molecule has 0 saturated carbocycles. The summed E-state index contributed by atoms with van der Waals surface area (Å²) >= 11 is 6.95. The van der Waals surface area contributed by atoms with Crippen molar-refractivity contribution in [3.05, 3.63) is 65.0 Å². The summed E-state index contributed by atoms with van der Waals surface area (Å²) in [5.74, 6) is 0.299. The van der Waals surface area contributed by atoms with Gasteiger partial charge in [-0.1, -0.05) is 42.5 Å². The van der Waals surface area contributed by atoms with E-state index in [0.29, 0.717) is 28.0 Å². The lowest BCUT2D eigenvalue weighted by molar-refractivity contribution is 0.0529. The molecule has 150 valence electrons. The first-order valence-corrected chi connectivity index (χ1v) is 10.3. The quantitative estimate of drug-likeness (QED) is 0.388. The summed E-state index contributed by atoms with van der Waals surface area (Å²) < 4.78 is 10.7. The first kappa shape index (κ1) is 20.8. The highest BCUT2D eigenvalue weighted by Crippen LogP contribution is 2.40. The number of benzene rings is 2. The SMILES string of the molecule is CCOC(=O)c1c(NC(=S)Nc2ccccc2OC)sc(C)c1-c1ccccc1. The van der Waals surface area contributed by atoms with Crippen LogP contribution in [0, 0.1) is 6.92 Å². The Kier molecular flexibility index (Phi) is 6.85. The van der Waals surface area contributed by atoms with Gasteiger partial charge in [0.1, 0.15) is 16.3 Å². The van der Waals surface area contributed by atoms with E-state index in [2.05, 4.69) is 10.6 Å². The lowest BCUT2D eigenvalue weighted by atomic mass is 10.0. The van der Waals surface area contributed by atoms with Crippen molar-refractivity contribution >= 4 is 45.3 Å². The Hall–Kier alpha value is -2.90. The van der Waals surface area contributed by atoms with Gasteiger partial charge in [-0.3, -0.25) is 0 Å². The average Bonchev–Trinajstić information content (AvgIpc) is 3.04. The molecule has 0 atom stereocenters. The van der Waals surface area contributed by atoms with E-state index in [1.54, 1.807) is 14.0 Å². The second kappa shape index (κ2) is 9.54. The van der Waals surface area contributed by atoms with Crippen molar-refractivity contribution in [2.45, 2.75) is 13.8 Å². The highest BCUT2D eigenvalue weighted by Gasteiger charge is 2.25. The summed E-state index contributed by atoms with van der Waals surface area (Å²) in [6.45, 7) is 4.07. The Morgan fingerprint density at radius 2 is 1.76 bits per heavy atom. The molecule has 0 radical (unpaired) electrons. The smallest absolute Gasteiger partial charge is 0.341 e. The Morgan fingerprint density at radius 1 is 1.07 bits per heavy atom. The molecule has 0 unspecified atom stereocenters. The summed E-state index contributed by atoms with van der Waals surface area (Å²) in [6, 6.07) is 17.3. The van der Waals surface area contributed by atoms with Gasteiger partial charge in [0.15, 0.2) is 5.11 Å². The lowest BCUT2D eigenvalue weighted by Gasteiger charge is -2.13. The summed E-state index contributed by atoms with van der Waals surface area (Å²) in [7, 11) is 1.60. The summed E-state index contributed by atoms with van der Waals surface area (Å²) in [4.78, 5) is 13.8. The van der Waals surface area contributed by atoms with Crippen molar-refractivity contribution < 1.29 is 14.3 Å². The molecule has 0 amide bonds. The number of nitrogens with one attached hydrogen (secondary N) is 2. The van der Waals surface area contributed by atoms with E-state index < -0.39 is 0 Å². The molecular weight excluding hydrogens is 404 g/mol. The maximum atomic E-state index is 12.8. The molecule has 0 aliphatic carbocycles. The summed E-state index contributed by atoms with van der Waals surface area (Å²) in [5.41, 5.74) is 3.05. The van der Waals surface area contributed by atoms with Crippen molar-refractivity contribution in [2.24, 2.45) is 0 Å². The number of methoxy groups -OCH3 is 1. The highest BCUT2D eigenvalue weighted by molar-refractivity contribution is 7.80. The van der Waals surface area contributed by atoms with Crippen LogP contribution >= 0.6 is 23.6 Å². The van der Waals surface area contributed by atoms with Crippen LogP contribution in [0.2, 0.25) is 0 Å². The fraction of sp³-hybridized carbons (Fsp3) is 0.182. The predicted molar refractivity (Wildman–Crippen MR) is 123 cm³/mol. The Labute approximate surface area is 179 Å². The first-order valence-electron chi connectivity index (χ1n) is 9.12. The van der Waals surface area contributed by atoms with Crippen LogP contribution in [0.3, 0.4) is 0 Å². The van der Waals surface area contributed by atoms with Crippen LogP contribution < -0.4 is 15.4 Å². The molecule has 0 fully saturated rings. The number of thiophene rings is 1. The molecule has 7 heteroatoms. The Morgan fingerprint density at radius 3 is 2.45 bits per heavy atom. The molecule has 3 rings (SSSR count). The number of aryl methyl sites for hydroxylation is 1. The number of carbonyl (C=O) groups is 1. The number of thiocarbonyl (C=S) groups is 1. The number of rotatable bonds is 6. The van der Waals surface area contributed by atoms with Gasteiger partial charge in [0.25, 0.3) is 0 Å². The molecule has 1 aromatic heterocycles. The van der Waals surface area contributed by atoms with Crippen LogP contribution in [0.15, 0.2) is 54.6 Å². The highest BCUT2D eigenvalue weighted by atomic mass is 32.1. The Bertz CT molecular complexity index is 1020. The van der Waals surface area contributed by atoms with Crippen molar-refractivity contribution in [2.75, 3.05) is 24.4 Å². The molecule has 3 aromatic rings. The van der Waals surface area contributed by atoms with Crippen molar-refractivity contribution in [3.63, 3.8) is 0 Å². The number of esters is 1. The van der Waals surface area contributed by atoms with Gasteiger partial charge in [0.05, 0.1) is 19.4 Å². The Balaban J connectivity index is 1.94. The van der Waals surface area contributed by atoms with Gasteiger partial charge >= 0.3 is 5.97 Å². The molecule has 2 aromatic carbocycles. The molecule has 0 saturated heterocycles. The zero-order valence-electron chi connectivity index (χ0n) is 16.4. The molecule has 0 aliphatic rings. The molecule has 1 heterocycles. The predicted octanol–water partition coefficient (Wildman–Crippen LogP) is 5.72. The first-order chi connectivity index (χ1) is 14.0. The zero-order chi connectivity index (χ0) is 20.8. The number of hydrogen-bond acceptors (Lipinski definition) is 5. The zero-order valence-corrected chi connectivity index (χ0v) is 18.1. The van der Waals surface area contributed by atoms with Crippen LogP contribution in [0.25, 0.3) is 11.1 Å². The van der Waals surface area contributed by atoms with Crippen LogP contribution in [0.4, 0.5) is 10.7 Å². The van der Waals surface area contributed by atoms with Gasteiger partial charge in [-0.25, -0.2) is 4.79 Å². The van der Waals surface area contributed by atoms with Crippen LogP contribution in [0.5, 0.6) is 5.75 Å². The van der Waals surface area contributed by atoms with Crippen LogP contribution in [-0.4, -0.2) is 24.8 Å². The van der Waals surface area contributed by atoms with Gasteiger partial charge in [0, 0.05) is 10.4 Å². The van der Waals surface area contributed by atoms with Crippen molar-refractivity contribution in [1.82, 2.24) is 0 Å².